The van der Waals surface area contributed by atoms with Crippen molar-refractivity contribution in [3.63, 3.8) is 0 Å². The van der Waals surface area contributed by atoms with Crippen LogP contribution in [0.2, 0.25) is 0 Å². The van der Waals surface area contributed by atoms with Crippen molar-refractivity contribution in [2.45, 2.75) is 0 Å². The maximum absolute atomic E-state index is 10.2. The van der Waals surface area contributed by atoms with Crippen LogP contribution in [0, 0.1) is 0 Å². The molecular weight excluding hydrogens is 203 g/mol. The summed E-state index contributed by atoms with van der Waals surface area (Å²) in [6.07, 6.45) is -4.87. The molecule has 0 radical (unpaired) electrons. The summed E-state index contributed by atoms with van der Waals surface area (Å²) in [4.78, 5) is 0. The van der Waals surface area contributed by atoms with Gasteiger partial charge in [-0.3, -0.25) is 0 Å². The van der Waals surface area contributed by atoms with Gasteiger partial charge in [0.05, 0.1) is 0 Å². The van der Waals surface area contributed by atoms with Gasteiger partial charge in [0.2, 0.25) is 0 Å². The normalized spacial score (nSPS) is 5.42. The summed E-state index contributed by atoms with van der Waals surface area (Å²) in [5, 5.41) is 0. The van der Waals surface area contributed by atoms with Crippen LogP contribution in [-0.4, -0.2) is 0 Å². The maximum atomic E-state index is 10.2. The number of halogens is 6. The standard InChI is InChI=1S/C2HF3.C2H2F2.C2H4.ClH/c3-1-2(4)5;1-2(3)4;1-2;/h1H;1H2;1-2H2;1H. The minimum absolute atomic E-state index is 0. The molecule has 0 atom stereocenters. The molecule has 0 heterocycles. The molecule has 0 aliphatic carbocycles. The lowest BCUT2D eigenvalue weighted by atomic mass is 11.1. The van der Waals surface area contributed by atoms with Gasteiger partial charge in [0.15, 0.2) is 6.33 Å². The molecule has 0 unspecified atom stereocenters. The van der Waals surface area contributed by atoms with E-state index in [1.165, 1.54) is 0 Å². The second kappa shape index (κ2) is 22.5. The molecule has 0 aliphatic heterocycles. The van der Waals surface area contributed by atoms with E-state index in [0.717, 1.165) is 0 Å². The number of rotatable bonds is 0. The van der Waals surface area contributed by atoms with E-state index < -0.39 is 18.5 Å². The van der Waals surface area contributed by atoms with Gasteiger partial charge in [-0.2, -0.15) is 17.6 Å². The molecule has 0 N–H and O–H groups in total. The van der Waals surface area contributed by atoms with Crippen LogP contribution in [0.5, 0.6) is 0 Å². The van der Waals surface area contributed by atoms with Crippen molar-refractivity contribution in [1.82, 2.24) is 0 Å². The fraction of sp³-hybridized carbons (Fsp3) is 0. The Bertz CT molecular complexity index is 115. The molecule has 0 saturated carbocycles. The van der Waals surface area contributed by atoms with E-state index in [1.54, 1.807) is 0 Å². The van der Waals surface area contributed by atoms with Gasteiger partial charge in [0.1, 0.15) is 0 Å². The third-order valence-electron chi connectivity index (χ3n) is 0.0825. The maximum Gasteiger partial charge on any atom is 0.298 e. The smallest absolute Gasteiger partial charge is 0.210 e. The fourth-order valence-electron chi connectivity index (χ4n) is 0. The van der Waals surface area contributed by atoms with Gasteiger partial charge in [0.25, 0.3) is 12.2 Å². The molecule has 0 saturated heterocycles. The number of hydrogen-bond donors (Lipinski definition) is 0. The molecule has 0 amide bonds. The van der Waals surface area contributed by atoms with Crippen LogP contribution in [-0.2, 0) is 0 Å². The van der Waals surface area contributed by atoms with Crippen molar-refractivity contribution in [3.05, 3.63) is 38.2 Å². The zero-order chi connectivity index (χ0) is 9.86. The zero-order valence-electron chi connectivity index (χ0n) is 6.00. The van der Waals surface area contributed by atoms with Crippen molar-refractivity contribution < 1.29 is 22.0 Å². The van der Waals surface area contributed by atoms with E-state index in [9.17, 15) is 22.0 Å². The van der Waals surface area contributed by atoms with E-state index in [0.29, 0.717) is 0 Å². The average molecular weight is 211 g/mol. The molecule has 0 fully saturated rings. The lowest BCUT2D eigenvalue weighted by Gasteiger charge is -1.59. The van der Waals surface area contributed by atoms with Gasteiger partial charge in [-0.05, 0) is 6.58 Å². The minimum Gasteiger partial charge on any atom is -0.210 e. The molecule has 6 heteroatoms. The van der Waals surface area contributed by atoms with E-state index >= 15 is 0 Å². The Morgan fingerprint density at radius 1 is 1.00 bits per heavy atom. The van der Waals surface area contributed by atoms with Crippen molar-refractivity contribution >= 4 is 12.4 Å². The predicted octanol–water partition coefficient (Wildman–Crippen LogP) is 4.31. The SMILES string of the molecule is C=C.C=C(F)F.Cl.FC=C(F)F. The van der Waals surface area contributed by atoms with Crippen LogP contribution >= 0.6 is 12.4 Å². The highest BCUT2D eigenvalue weighted by molar-refractivity contribution is 5.85. The van der Waals surface area contributed by atoms with E-state index in [2.05, 4.69) is 19.7 Å². The quantitative estimate of drug-likeness (QED) is 0.413. The Morgan fingerprint density at radius 3 is 1.08 bits per heavy atom. The fourth-order valence-corrected chi connectivity index (χ4v) is 0. The Morgan fingerprint density at radius 2 is 1.08 bits per heavy atom. The zero-order valence-corrected chi connectivity index (χ0v) is 6.81. The molecule has 0 rings (SSSR count). The summed E-state index contributed by atoms with van der Waals surface area (Å²) in [7, 11) is 0. The van der Waals surface area contributed by atoms with Crippen LogP contribution in [0.3, 0.4) is 0 Å². The lowest BCUT2D eigenvalue weighted by molar-refractivity contribution is 0.400. The monoisotopic (exact) mass is 210 g/mol. The molecule has 0 aromatic carbocycles. The molecule has 0 spiro atoms. The van der Waals surface area contributed by atoms with E-state index in [4.69, 9.17) is 0 Å². The molecule has 12 heavy (non-hydrogen) atoms. The van der Waals surface area contributed by atoms with Gasteiger partial charge in [-0.1, -0.05) is 0 Å². The van der Waals surface area contributed by atoms with Crippen molar-refractivity contribution in [1.29, 1.82) is 0 Å². The Labute approximate surface area is 73.5 Å². The molecule has 0 aromatic heterocycles. The summed E-state index contributed by atoms with van der Waals surface area (Å²) >= 11 is 0. The largest absolute Gasteiger partial charge is 0.298 e. The second-order valence-corrected chi connectivity index (χ2v) is 0.737. The van der Waals surface area contributed by atoms with Crippen LogP contribution < -0.4 is 0 Å². The number of hydrogen-bond acceptors (Lipinski definition) is 0. The molecular formula is C6H8ClF5. The Hall–Kier alpha value is -0.840. The summed E-state index contributed by atoms with van der Waals surface area (Å²) < 4.78 is 51.0. The highest BCUT2D eigenvalue weighted by Crippen LogP contribution is 1.93. The summed E-state index contributed by atoms with van der Waals surface area (Å²) in [6, 6.07) is 0. The Kier molecular flexibility index (Phi) is 42.1. The highest BCUT2D eigenvalue weighted by atomic mass is 35.5. The first-order valence-corrected chi connectivity index (χ1v) is 2.12. The lowest BCUT2D eigenvalue weighted by Crippen LogP contribution is -1.42. The third-order valence-corrected chi connectivity index (χ3v) is 0.0825. The second-order valence-electron chi connectivity index (χ2n) is 0.737. The van der Waals surface area contributed by atoms with Gasteiger partial charge in [0, 0.05) is 0 Å². The molecule has 0 bridgehead atoms. The van der Waals surface area contributed by atoms with Gasteiger partial charge < -0.3 is 0 Å². The Balaban J connectivity index is -0.0000000419. The molecule has 0 aliphatic rings. The third kappa shape index (κ3) is 453. The first-order chi connectivity index (χ1) is 5.00. The van der Waals surface area contributed by atoms with Crippen LogP contribution in [0.15, 0.2) is 38.2 Å². The van der Waals surface area contributed by atoms with Gasteiger partial charge in [-0.25, -0.2) is 4.39 Å². The van der Waals surface area contributed by atoms with Crippen molar-refractivity contribution in [2.24, 2.45) is 0 Å². The van der Waals surface area contributed by atoms with E-state index in [1.807, 2.05) is 0 Å². The van der Waals surface area contributed by atoms with Crippen LogP contribution in [0.25, 0.3) is 0 Å². The summed E-state index contributed by atoms with van der Waals surface area (Å²) in [5.41, 5.74) is 0. The first kappa shape index (κ1) is 22.5. The first-order valence-electron chi connectivity index (χ1n) is 2.12. The van der Waals surface area contributed by atoms with Crippen LogP contribution in [0.4, 0.5) is 22.0 Å². The summed E-state index contributed by atoms with van der Waals surface area (Å²) in [5.74, 6) is 0. The highest BCUT2D eigenvalue weighted by Gasteiger charge is 1.78. The van der Waals surface area contributed by atoms with Crippen LogP contribution in [0.1, 0.15) is 0 Å². The van der Waals surface area contributed by atoms with Gasteiger partial charge in [-0.15, -0.1) is 25.6 Å². The van der Waals surface area contributed by atoms with Crippen molar-refractivity contribution in [3.8, 4) is 0 Å². The molecule has 0 nitrogen and oxygen atoms in total. The minimum atomic E-state index is -2.29. The van der Waals surface area contributed by atoms with Crippen molar-refractivity contribution in [2.75, 3.05) is 0 Å². The van der Waals surface area contributed by atoms with E-state index in [-0.39, 0.29) is 12.4 Å². The summed E-state index contributed by atoms with van der Waals surface area (Å²) in [6.45, 7) is 8.22. The topological polar surface area (TPSA) is 0 Å². The van der Waals surface area contributed by atoms with Gasteiger partial charge >= 0.3 is 0 Å². The predicted molar refractivity (Wildman–Crippen MR) is 41.3 cm³/mol. The average Bonchev–Trinajstić information content (AvgIpc) is 1.91. The molecule has 0 aromatic rings. The molecule has 74 valence electrons.